The maximum atomic E-state index is 12.9. The number of hydrogen-bond donors (Lipinski definition) is 1. The van der Waals surface area contributed by atoms with E-state index in [0.717, 1.165) is 36.4 Å². The van der Waals surface area contributed by atoms with Crippen LogP contribution in [0.25, 0.3) is 11.4 Å². The van der Waals surface area contributed by atoms with Gasteiger partial charge in [-0.2, -0.15) is 0 Å². The van der Waals surface area contributed by atoms with Crippen LogP contribution in [0.1, 0.15) is 25.3 Å². The van der Waals surface area contributed by atoms with Gasteiger partial charge < -0.3 is 10.6 Å². The molecule has 2 heterocycles. The van der Waals surface area contributed by atoms with Crippen LogP contribution in [-0.2, 0) is 16.0 Å². The summed E-state index contributed by atoms with van der Waals surface area (Å²) in [7, 11) is 0. The summed E-state index contributed by atoms with van der Waals surface area (Å²) >= 11 is 0. The molecule has 0 saturated carbocycles. The van der Waals surface area contributed by atoms with Crippen LogP contribution in [0.15, 0.2) is 36.7 Å². The standard InChI is InChI=1S/C19H21FN4O2/c1-12-2-5-15(18(21)26)11-24(12)17(25)8-13-3-6-14(7-4-13)19-22-9-16(20)10-23-19/h3-4,6-7,9-10,12,15H,2,5,8,11H2,1H3,(H2,21,26)/t12-,15+/m0/s1. The number of nitrogens with two attached hydrogens (primary N) is 1. The van der Waals surface area contributed by atoms with Gasteiger partial charge in [0.15, 0.2) is 11.6 Å². The van der Waals surface area contributed by atoms with E-state index in [9.17, 15) is 14.0 Å². The number of aromatic nitrogens is 2. The van der Waals surface area contributed by atoms with Crippen molar-refractivity contribution in [2.45, 2.75) is 32.2 Å². The first-order valence-corrected chi connectivity index (χ1v) is 8.59. The predicted octanol–water partition coefficient (Wildman–Crippen LogP) is 1.94. The van der Waals surface area contributed by atoms with Gasteiger partial charge in [0.05, 0.1) is 24.7 Å². The van der Waals surface area contributed by atoms with Gasteiger partial charge >= 0.3 is 0 Å². The van der Waals surface area contributed by atoms with Crippen LogP contribution in [0.4, 0.5) is 4.39 Å². The highest BCUT2D eigenvalue weighted by Gasteiger charge is 2.31. The van der Waals surface area contributed by atoms with Crippen LogP contribution in [0.2, 0.25) is 0 Å². The van der Waals surface area contributed by atoms with E-state index in [0.29, 0.717) is 12.4 Å². The first-order chi connectivity index (χ1) is 12.4. The molecule has 26 heavy (non-hydrogen) atoms. The lowest BCUT2D eigenvalue weighted by Gasteiger charge is -2.37. The predicted molar refractivity (Wildman–Crippen MR) is 94.2 cm³/mol. The van der Waals surface area contributed by atoms with E-state index in [4.69, 9.17) is 5.73 Å². The first kappa shape index (κ1) is 18.0. The third-order valence-electron chi connectivity index (χ3n) is 4.79. The fraction of sp³-hybridized carbons (Fsp3) is 0.368. The summed E-state index contributed by atoms with van der Waals surface area (Å²) in [6.45, 7) is 2.38. The van der Waals surface area contributed by atoms with Gasteiger partial charge in [-0.05, 0) is 25.3 Å². The van der Waals surface area contributed by atoms with Gasteiger partial charge in [0.2, 0.25) is 11.8 Å². The number of piperidine rings is 1. The van der Waals surface area contributed by atoms with Gasteiger partial charge in [-0.1, -0.05) is 24.3 Å². The van der Waals surface area contributed by atoms with Gasteiger partial charge in [-0.25, -0.2) is 14.4 Å². The van der Waals surface area contributed by atoms with Gasteiger partial charge in [0, 0.05) is 18.2 Å². The summed E-state index contributed by atoms with van der Waals surface area (Å²) < 4.78 is 12.9. The second kappa shape index (κ2) is 7.59. The number of likely N-dealkylation sites (tertiary alicyclic amines) is 1. The Balaban J connectivity index is 1.67. The van der Waals surface area contributed by atoms with Crippen molar-refractivity contribution in [3.8, 4) is 11.4 Å². The monoisotopic (exact) mass is 356 g/mol. The molecule has 0 spiro atoms. The summed E-state index contributed by atoms with van der Waals surface area (Å²) in [4.78, 5) is 33.7. The Bertz CT molecular complexity index is 792. The van der Waals surface area contributed by atoms with Crippen molar-refractivity contribution in [2.24, 2.45) is 11.7 Å². The number of amides is 2. The van der Waals surface area contributed by atoms with Crippen molar-refractivity contribution in [2.75, 3.05) is 6.54 Å². The molecular weight excluding hydrogens is 335 g/mol. The molecule has 6 nitrogen and oxygen atoms in total. The van der Waals surface area contributed by atoms with Crippen molar-refractivity contribution in [3.63, 3.8) is 0 Å². The van der Waals surface area contributed by atoms with Gasteiger partial charge in [-0.15, -0.1) is 0 Å². The van der Waals surface area contributed by atoms with E-state index < -0.39 is 5.82 Å². The van der Waals surface area contributed by atoms with Crippen molar-refractivity contribution in [1.82, 2.24) is 14.9 Å². The third-order valence-corrected chi connectivity index (χ3v) is 4.79. The first-order valence-electron chi connectivity index (χ1n) is 8.59. The molecule has 2 N–H and O–H groups in total. The fourth-order valence-electron chi connectivity index (χ4n) is 3.20. The lowest BCUT2D eigenvalue weighted by Crippen LogP contribution is -2.49. The Labute approximate surface area is 151 Å². The van der Waals surface area contributed by atoms with Crippen molar-refractivity contribution in [1.29, 1.82) is 0 Å². The van der Waals surface area contributed by atoms with Crippen molar-refractivity contribution >= 4 is 11.8 Å². The maximum Gasteiger partial charge on any atom is 0.227 e. The molecule has 0 radical (unpaired) electrons. The fourth-order valence-corrected chi connectivity index (χ4v) is 3.20. The largest absolute Gasteiger partial charge is 0.369 e. The van der Waals surface area contributed by atoms with E-state index in [-0.39, 0.29) is 30.2 Å². The Morgan fingerprint density at radius 3 is 2.46 bits per heavy atom. The number of primary amides is 1. The molecule has 1 aromatic carbocycles. The maximum absolute atomic E-state index is 12.9. The van der Waals surface area contributed by atoms with E-state index in [1.165, 1.54) is 0 Å². The highest BCUT2D eigenvalue weighted by atomic mass is 19.1. The summed E-state index contributed by atoms with van der Waals surface area (Å²) in [5.41, 5.74) is 7.00. The molecule has 2 amide bonds. The third kappa shape index (κ3) is 4.04. The average Bonchev–Trinajstić information content (AvgIpc) is 2.63. The topological polar surface area (TPSA) is 89.2 Å². The minimum absolute atomic E-state index is 0.0192. The molecular formula is C19H21FN4O2. The molecule has 1 aliphatic heterocycles. The van der Waals surface area contributed by atoms with Gasteiger partial charge in [0.1, 0.15) is 0 Å². The van der Waals surface area contributed by atoms with E-state index in [1.807, 2.05) is 31.2 Å². The van der Waals surface area contributed by atoms with Gasteiger partial charge in [0.25, 0.3) is 0 Å². The highest BCUT2D eigenvalue weighted by Crippen LogP contribution is 2.23. The number of benzene rings is 1. The lowest BCUT2D eigenvalue weighted by atomic mass is 9.92. The molecule has 136 valence electrons. The van der Waals surface area contributed by atoms with Crippen LogP contribution < -0.4 is 5.73 Å². The number of rotatable bonds is 4. The highest BCUT2D eigenvalue weighted by molar-refractivity contribution is 5.82. The van der Waals surface area contributed by atoms with Crippen LogP contribution in [-0.4, -0.2) is 39.3 Å². The molecule has 0 bridgehead atoms. The lowest BCUT2D eigenvalue weighted by molar-refractivity contribution is -0.136. The molecule has 7 heteroatoms. The molecule has 2 aromatic rings. The second-order valence-electron chi connectivity index (χ2n) is 6.67. The molecule has 2 atom stereocenters. The number of hydrogen-bond acceptors (Lipinski definition) is 4. The van der Waals surface area contributed by atoms with Crippen molar-refractivity contribution in [3.05, 3.63) is 48.0 Å². The summed E-state index contributed by atoms with van der Waals surface area (Å²) in [5, 5.41) is 0. The van der Waals surface area contributed by atoms with E-state index in [1.54, 1.807) is 4.90 Å². The SMILES string of the molecule is C[C@H]1CC[C@@H](C(N)=O)CN1C(=O)Cc1ccc(-c2ncc(F)cn2)cc1. The normalized spacial score (nSPS) is 20.0. The quantitative estimate of drug-likeness (QED) is 0.907. The Kier molecular flexibility index (Phi) is 5.25. The molecule has 1 aliphatic rings. The Hall–Kier alpha value is -2.83. The number of carbonyl (C=O) groups excluding carboxylic acids is 2. The minimum Gasteiger partial charge on any atom is -0.369 e. The van der Waals surface area contributed by atoms with Crippen molar-refractivity contribution < 1.29 is 14.0 Å². The van der Waals surface area contributed by atoms with Crippen LogP contribution in [0, 0.1) is 11.7 Å². The molecule has 0 aliphatic carbocycles. The zero-order chi connectivity index (χ0) is 18.7. The number of nitrogens with zero attached hydrogens (tertiary/aromatic N) is 3. The summed E-state index contributed by atoms with van der Waals surface area (Å²) in [5.74, 6) is -0.695. The Morgan fingerprint density at radius 2 is 1.85 bits per heavy atom. The van der Waals surface area contributed by atoms with Crippen LogP contribution >= 0.6 is 0 Å². The molecule has 0 unspecified atom stereocenters. The Morgan fingerprint density at radius 1 is 1.19 bits per heavy atom. The van der Waals surface area contributed by atoms with E-state index >= 15 is 0 Å². The molecule has 1 saturated heterocycles. The van der Waals surface area contributed by atoms with Gasteiger partial charge in [-0.3, -0.25) is 9.59 Å². The average molecular weight is 356 g/mol. The molecule has 3 rings (SSSR count). The smallest absolute Gasteiger partial charge is 0.227 e. The second-order valence-corrected chi connectivity index (χ2v) is 6.67. The zero-order valence-electron chi connectivity index (χ0n) is 14.6. The summed E-state index contributed by atoms with van der Waals surface area (Å²) in [6.07, 6.45) is 3.99. The van der Waals surface area contributed by atoms with E-state index in [2.05, 4.69) is 9.97 Å². The summed E-state index contributed by atoms with van der Waals surface area (Å²) in [6, 6.07) is 7.38. The molecule has 1 aromatic heterocycles. The zero-order valence-corrected chi connectivity index (χ0v) is 14.6. The number of halogens is 1. The molecule has 1 fully saturated rings. The van der Waals surface area contributed by atoms with Crippen LogP contribution in [0.3, 0.4) is 0 Å². The minimum atomic E-state index is -0.485. The van der Waals surface area contributed by atoms with Crippen LogP contribution in [0.5, 0.6) is 0 Å². The number of carbonyl (C=O) groups is 2.